The van der Waals surface area contributed by atoms with E-state index < -0.39 is 0 Å². The van der Waals surface area contributed by atoms with Gasteiger partial charge in [0.15, 0.2) is 5.16 Å². The topological polar surface area (TPSA) is 74.8 Å². The number of thioether (sulfide) groups is 1. The standard InChI is InChI=1S/C18H17N3O2S2/c1-2-8-25-18-20-16-15(17(23)21-18)14(12-7-4-9-24-12)13-10(19-16)5-3-6-11(13)22/h2,4-5,7,9,13-14H,1,3,6,8H2,(H2,19,20,21,23)/t13-,14-/m0/s1. The van der Waals surface area contributed by atoms with Crippen molar-refractivity contribution in [2.75, 3.05) is 11.1 Å². The Morgan fingerprint density at radius 1 is 1.40 bits per heavy atom. The molecule has 0 unspecified atom stereocenters. The summed E-state index contributed by atoms with van der Waals surface area (Å²) in [5.74, 6) is 0.809. The monoisotopic (exact) mass is 371 g/mol. The quantitative estimate of drug-likeness (QED) is 0.489. The molecule has 2 aromatic rings. The molecule has 2 N–H and O–H groups in total. The SMILES string of the molecule is C=CCSc1nc2c(c(=O)[nH]1)[C@@H](c1cccs1)[C@@H]1C(=O)CCC=C1N2. The Balaban J connectivity index is 1.89. The van der Waals surface area contributed by atoms with Gasteiger partial charge >= 0.3 is 0 Å². The Morgan fingerprint density at radius 3 is 3.04 bits per heavy atom. The third-order valence-electron chi connectivity index (χ3n) is 4.47. The Hall–Kier alpha value is -2.12. The summed E-state index contributed by atoms with van der Waals surface area (Å²) >= 11 is 3.00. The van der Waals surface area contributed by atoms with E-state index in [1.54, 1.807) is 17.4 Å². The van der Waals surface area contributed by atoms with Gasteiger partial charge in [0.1, 0.15) is 11.6 Å². The molecule has 0 aromatic carbocycles. The van der Waals surface area contributed by atoms with Crippen LogP contribution in [0.3, 0.4) is 0 Å². The molecule has 0 bridgehead atoms. The predicted octanol–water partition coefficient (Wildman–Crippen LogP) is 3.53. The number of carbonyl (C=O) groups excluding carboxylic acids is 1. The Morgan fingerprint density at radius 2 is 2.28 bits per heavy atom. The highest BCUT2D eigenvalue weighted by atomic mass is 32.2. The average Bonchev–Trinajstić information content (AvgIpc) is 3.12. The van der Waals surface area contributed by atoms with E-state index in [-0.39, 0.29) is 23.2 Å². The number of hydrogen-bond donors (Lipinski definition) is 2. The van der Waals surface area contributed by atoms with E-state index in [1.165, 1.54) is 11.8 Å². The molecular weight excluding hydrogens is 354 g/mol. The fraction of sp³-hybridized carbons (Fsp3) is 0.278. The van der Waals surface area contributed by atoms with Gasteiger partial charge in [0.25, 0.3) is 5.56 Å². The van der Waals surface area contributed by atoms with Gasteiger partial charge in [-0.3, -0.25) is 9.59 Å². The second kappa shape index (κ2) is 6.65. The Bertz CT molecular complexity index is 915. The number of Topliss-reactive ketones (excluding diaryl/α,β-unsaturated/α-hetero) is 1. The Kier molecular flexibility index (Phi) is 4.35. The van der Waals surface area contributed by atoms with E-state index in [4.69, 9.17) is 0 Å². The van der Waals surface area contributed by atoms with Crippen LogP contribution in [0.15, 0.2) is 51.9 Å². The molecule has 7 heteroatoms. The summed E-state index contributed by atoms with van der Waals surface area (Å²) in [4.78, 5) is 33.9. The molecule has 0 amide bonds. The summed E-state index contributed by atoms with van der Waals surface area (Å²) in [5.41, 5.74) is 1.25. The molecule has 0 saturated carbocycles. The lowest BCUT2D eigenvalue weighted by atomic mass is 9.74. The number of aromatic nitrogens is 2. The van der Waals surface area contributed by atoms with Crippen molar-refractivity contribution < 1.29 is 4.79 Å². The average molecular weight is 371 g/mol. The molecular formula is C18H17N3O2S2. The molecule has 1 aliphatic carbocycles. The molecule has 3 heterocycles. The number of carbonyl (C=O) groups is 1. The summed E-state index contributed by atoms with van der Waals surface area (Å²) in [7, 11) is 0. The van der Waals surface area contributed by atoms with Gasteiger partial charge in [0.05, 0.1) is 11.5 Å². The van der Waals surface area contributed by atoms with Crippen molar-refractivity contribution in [1.82, 2.24) is 9.97 Å². The second-order valence-corrected chi connectivity index (χ2v) is 7.98. The first-order valence-corrected chi connectivity index (χ1v) is 9.96. The van der Waals surface area contributed by atoms with Gasteiger partial charge in [0, 0.05) is 28.7 Å². The van der Waals surface area contributed by atoms with Crippen LogP contribution in [0.2, 0.25) is 0 Å². The minimum atomic E-state index is -0.325. The summed E-state index contributed by atoms with van der Waals surface area (Å²) < 4.78 is 0. The van der Waals surface area contributed by atoms with Gasteiger partial charge in [-0.05, 0) is 17.9 Å². The lowest BCUT2D eigenvalue weighted by Gasteiger charge is -2.35. The first-order valence-electron chi connectivity index (χ1n) is 8.10. The number of allylic oxidation sites excluding steroid dienone is 2. The molecule has 0 saturated heterocycles. The van der Waals surface area contributed by atoms with Crippen LogP contribution in [0.1, 0.15) is 29.2 Å². The van der Waals surface area contributed by atoms with Gasteiger partial charge in [-0.25, -0.2) is 4.98 Å². The van der Waals surface area contributed by atoms with Crippen LogP contribution in [0.4, 0.5) is 5.82 Å². The van der Waals surface area contributed by atoms with Crippen LogP contribution in [0.5, 0.6) is 0 Å². The molecule has 2 aliphatic rings. The highest BCUT2D eigenvalue weighted by Crippen LogP contribution is 2.45. The molecule has 0 spiro atoms. The Labute approximate surface area is 153 Å². The number of ketones is 1. The first kappa shape index (κ1) is 16.4. The number of aromatic amines is 1. The molecule has 4 rings (SSSR count). The molecule has 128 valence electrons. The van der Waals surface area contributed by atoms with Crippen molar-refractivity contribution >= 4 is 34.7 Å². The van der Waals surface area contributed by atoms with Gasteiger partial charge in [0.2, 0.25) is 0 Å². The van der Waals surface area contributed by atoms with Gasteiger partial charge in [-0.15, -0.1) is 17.9 Å². The molecule has 0 radical (unpaired) electrons. The van der Waals surface area contributed by atoms with Crippen molar-refractivity contribution in [3.63, 3.8) is 0 Å². The van der Waals surface area contributed by atoms with Gasteiger partial charge in [-0.1, -0.05) is 30.0 Å². The van der Waals surface area contributed by atoms with Crippen LogP contribution in [-0.4, -0.2) is 21.5 Å². The number of anilines is 1. The summed E-state index contributed by atoms with van der Waals surface area (Å²) in [6, 6.07) is 3.94. The highest BCUT2D eigenvalue weighted by Gasteiger charge is 2.42. The predicted molar refractivity (Wildman–Crippen MR) is 101 cm³/mol. The van der Waals surface area contributed by atoms with Crippen molar-refractivity contribution in [3.05, 3.63) is 62.7 Å². The van der Waals surface area contributed by atoms with E-state index in [1.807, 2.05) is 17.5 Å². The summed E-state index contributed by atoms with van der Waals surface area (Å²) in [5, 5.41) is 5.79. The molecule has 2 aromatic heterocycles. The number of thiophene rings is 1. The largest absolute Gasteiger partial charge is 0.343 e. The highest BCUT2D eigenvalue weighted by molar-refractivity contribution is 7.99. The summed E-state index contributed by atoms with van der Waals surface area (Å²) in [6.45, 7) is 3.69. The van der Waals surface area contributed by atoms with Crippen LogP contribution in [0.25, 0.3) is 0 Å². The van der Waals surface area contributed by atoms with Crippen LogP contribution in [0, 0.1) is 5.92 Å². The van der Waals surface area contributed by atoms with E-state index in [0.717, 1.165) is 17.0 Å². The van der Waals surface area contributed by atoms with Gasteiger partial charge in [-0.2, -0.15) is 0 Å². The normalized spacial score (nSPS) is 21.8. The zero-order valence-corrected chi connectivity index (χ0v) is 15.1. The fourth-order valence-corrected chi connectivity index (χ4v) is 4.92. The number of nitrogens with zero attached hydrogens (tertiary/aromatic N) is 1. The van der Waals surface area contributed by atoms with Gasteiger partial charge < -0.3 is 10.3 Å². The zero-order valence-electron chi connectivity index (χ0n) is 13.5. The van der Waals surface area contributed by atoms with Crippen LogP contribution >= 0.6 is 23.1 Å². The van der Waals surface area contributed by atoms with Crippen molar-refractivity contribution in [2.24, 2.45) is 5.92 Å². The van der Waals surface area contributed by atoms with Crippen molar-refractivity contribution in [2.45, 2.75) is 23.9 Å². The fourth-order valence-electron chi connectivity index (χ4n) is 3.45. The number of fused-ring (bicyclic) bond motifs is 2. The van der Waals surface area contributed by atoms with Crippen molar-refractivity contribution in [1.29, 1.82) is 0 Å². The minimum absolute atomic E-state index is 0.179. The van der Waals surface area contributed by atoms with E-state index in [9.17, 15) is 9.59 Å². The third kappa shape index (κ3) is 2.87. The molecule has 5 nitrogen and oxygen atoms in total. The summed E-state index contributed by atoms with van der Waals surface area (Å²) in [6.07, 6.45) is 5.08. The smallest absolute Gasteiger partial charge is 0.257 e. The third-order valence-corrected chi connectivity index (χ3v) is 6.29. The van der Waals surface area contributed by atoms with E-state index >= 15 is 0 Å². The van der Waals surface area contributed by atoms with E-state index in [2.05, 4.69) is 27.9 Å². The molecule has 25 heavy (non-hydrogen) atoms. The number of rotatable bonds is 4. The number of H-pyrrole nitrogens is 1. The second-order valence-electron chi connectivity index (χ2n) is 5.99. The van der Waals surface area contributed by atoms with Crippen LogP contribution in [-0.2, 0) is 4.79 Å². The lowest BCUT2D eigenvalue weighted by molar-refractivity contribution is -0.122. The molecule has 0 fully saturated rings. The number of hydrogen-bond acceptors (Lipinski definition) is 6. The van der Waals surface area contributed by atoms with Crippen molar-refractivity contribution in [3.8, 4) is 0 Å². The molecule has 1 aliphatic heterocycles. The maximum atomic E-state index is 12.8. The molecule has 2 atom stereocenters. The maximum Gasteiger partial charge on any atom is 0.257 e. The first-order chi connectivity index (χ1) is 12.2. The van der Waals surface area contributed by atoms with E-state index in [0.29, 0.717) is 28.7 Å². The number of nitrogens with one attached hydrogen (secondary N) is 2. The van der Waals surface area contributed by atoms with Crippen LogP contribution < -0.4 is 10.9 Å². The minimum Gasteiger partial charge on any atom is -0.343 e. The lowest BCUT2D eigenvalue weighted by Crippen LogP contribution is -2.38. The maximum absolute atomic E-state index is 12.8. The zero-order chi connectivity index (χ0) is 17.4.